The molecule has 0 aliphatic carbocycles. The number of halogens is 2. The van der Waals surface area contributed by atoms with E-state index in [0.29, 0.717) is 12.8 Å². The molecular weight excluding hydrogens is 334 g/mol. The summed E-state index contributed by atoms with van der Waals surface area (Å²) >= 11 is 0. The molecule has 1 aromatic carbocycles. The van der Waals surface area contributed by atoms with E-state index in [4.69, 9.17) is 5.11 Å². The number of carbonyl (C=O) groups excluding carboxylic acids is 2. The van der Waals surface area contributed by atoms with Crippen molar-refractivity contribution in [2.75, 3.05) is 0 Å². The minimum Gasteiger partial charge on any atom is -0.481 e. The van der Waals surface area contributed by atoms with Crippen LogP contribution >= 0.6 is 0 Å². The van der Waals surface area contributed by atoms with Crippen LogP contribution in [0.25, 0.3) is 0 Å². The van der Waals surface area contributed by atoms with Crippen molar-refractivity contribution in [3.8, 4) is 0 Å². The van der Waals surface area contributed by atoms with E-state index in [0.717, 1.165) is 12.1 Å². The number of benzene rings is 1. The summed E-state index contributed by atoms with van der Waals surface area (Å²) in [6.07, 6.45) is 1.19. The minimum absolute atomic E-state index is 0.0238. The molecule has 2 rings (SSSR count). The van der Waals surface area contributed by atoms with Gasteiger partial charge < -0.3 is 15.7 Å². The highest BCUT2D eigenvalue weighted by Gasteiger charge is 2.37. The van der Waals surface area contributed by atoms with Gasteiger partial charge in [0.05, 0.1) is 0 Å². The number of carboxylic acids is 1. The molecule has 136 valence electrons. The van der Waals surface area contributed by atoms with Gasteiger partial charge in [0.1, 0.15) is 11.6 Å². The predicted octanol–water partition coefficient (Wildman–Crippen LogP) is 1.87. The largest absolute Gasteiger partial charge is 0.481 e. The maximum atomic E-state index is 13.5. The summed E-state index contributed by atoms with van der Waals surface area (Å²) in [5.74, 6) is -3.03. The lowest BCUT2D eigenvalue weighted by Gasteiger charge is -2.28. The van der Waals surface area contributed by atoms with Crippen molar-refractivity contribution >= 4 is 17.8 Å². The number of hydrogen-bond donors (Lipinski definition) is 3. The zero-order chi connectivity index (χ0) is 18.4. The third-order valence-electron chi connectivity index (χ3n) is 4.41. The second kappa shape index (κ2) is 8.04. The molecule has 1 aromatic rings. The Balaban J connectivity index is 1.88. The Labute approximate surface area is 143 Å². The van der Waals surface area contributed by atoms with Crippen LogP contribution in [0.4, 0.5) is 8.78 Å². The molecule has 0 bridgehead atoms. The number of carbonyl (C=O) groups is 3. The van der Waals surface area contributed by atoms with E-state index >= 15 is 0 Å². The van der Waals surface area contributed by atoms with Gasteiger partial charge in [-0.25, -0.2) is 8.78 Å². The van der Waals surface area contributed by atoms with E-state index in [1.807, 2.05) is 0 Å². The number of aliphatic carboxylic acids is 1. The summed E-state index contributed by atoms with van der Waals surface area (Å²) in [4.78, 5) is 34.2. The molecule has 1 fully saturated rings. The van der Waals surface area contributed by atoms with Crippen molar-refractivity contribution in [1.29, 1.82) is 0 Å². The molecule has 0 saturated carbocycles. The van der Waals surface area contributed by atoms with Crippen LogP contribution in [0.3, 0.4) is 0 Å². The number of hydrogen-bond acceptors (Lipinski definition) is 3. The molecule has 2 amide bonds. The van der Waals surface area contributed by atoms with E-state index in [1.165, 1.54) is 6.07 Å². The molecule has 1 aliphatic heterocycles. The summed E-state index contributed by atoms with van der Waals surface area (Å²) in [5.41, 5.74) is -0.929. The smallest absolute Gasteiger partial charge is 0.303 e. The highest BCUT2D eigenvalue weighted by Crippen LogP contribution is 2.30. The first-order chi connectivity index (χ1) is 11.8. The first-order valence-electron chi connectivity index (χ1n) is 8.04. The number of amides is 2. The van der Waals surface area contributed by atoms with Crippen LogP contribution in [-0.2, 0) is 20.9 Å². The van der Waals surface area contributed by atoms with Crippen LogP contribution in [0.2, 0.25) is 0 Å². The van der Waals surface area contributed by atoms with Gasteiger partial charge in [0, 0.05) is 36.9 Å². The predicted molar refractivity (Wildman–Crippen MR) is 84.4 cm³/mol. The van der Waals surface area contributed by atoms with Crippen LogP contribution in [0, 0.1) is 11.6 Å². The number of carboxylic acid groups (broad SMARTS) is 1. The van der Waals surface area contributed by atoms with Gasteiger partial charge in [-0.1, -0.05) is 6.07 Å². The molecule has 6 nitrogen and oxygen atoms in total. The van der Waals surface area contributed by atoms with Gasteiger partial charge in [-0.05, 0) is 31.4 Å². The van der Waals surface area contributed by atoms with Gasteiger partial charge in [0.2, 0.25) is 11.8 Å². The number of rotatable bonds is 8. The Kier molecular flexibility index (Phi) is 6.06. The summed E-state index contributed by atoms with van der Waals surface area (Å²) < 4.78 is 27.0. The van der Waals surface area contributed by atoms with E-state index in [1.54, 1.807) is 0 Å². The van der Waals surface area contributed by atoms with Gasteiger partial charge >= 0.3 is 5.97 Å². The van der Waals surface area contributed by atoms with Crippen LogP contribution in [-0.4, -0.2) is 28.4 Å². The van der Waals surface area contributed by atoms with Gasteiger partial charge in [-0.3, -0.25) is 14.4 Å². The fraction of sp³-hybridized carbons (Fsp3) is 0.471. The van der Waals surface area contributed by atoms with E-state index in [9.17, 15) is 23.2 Å². The quantitative estimate of drug-likeness (QED) is 0.664. The fourth-order valence-electron chi connectivity index (χ4n) is 2.95. The molecule has 8 heteroatoms. The van der Waals surface area contributed by atoms with Crippen molar-refractivity contribution < 1.29 is 28.3 Å². The van der Waals surface area contributed by atoms with Gasteiger partial charge in [0.25, 0.3) is 0 Å². The zero-order valence-electron chi connectivity index (χ0n) is 13.6. The van der Waals surface area contributed by atoms with Gasteiger partial charge in [-0.2, -0.15) is 0 Å². The van der Waals surface area contributed by atoms with Crippen molar-refractivity contribution in [2.45, 2.75) is 50.6 Å². The Morgan fingerprint density at radius 3 is 2.40 bits per heavy atom. The van der Waals surface area contributed by atoms with Gasteiger partial charge in [-0.15, -0.1) is 0 Å². The maximum absolute atomic E-state index is 13.5. The fourth-order valence-corrected chi connectivity index (χ4v) is 2.95. The average molecular weight is 354 g/mol. The summed E-state index contributed by atoms with van der Waals surface area (Å²) in [5, 5.41) is 14.0. The second-order valence-corrected chi connectivity index (χ2v) is 6.20. The molecule has 1 heterocycles. The van der Waals surface area contributed by atoms with Gasteiger partial charge in [0.15, 0.2) is 0 Å². The monoisotopic (exact) mass is 354 g/mol. The molecule has 1 unspecified atom stereocenters. The molecule has 3 N–H and O–H groups in total. The normalized spacial score (nSPS) is 19.5. The Bertz CT molecular complexity index is 660. The Hall–Kier alpha value is -2.51. The van der Waals surface area contributed by atoms with Crippen LogP contribution in [0.15, 0.2) is 18.2 Å². The molecular formula is C17H20F2N2O4. The van der Waals surface area contributed by atoms with Crippen molar-refractivity contribution in [3.63, 3.8) is 0 Å². The lowest BCUT2D eigenvalue weighted by molar-refractivity contribution is -0.137. The summed E-state index contributed by atoms with van der Waals surface area (Å²) in [7, 11) is 0. The molecule has 0 radical (unpaired) electrons. The van der Waals surface area contributed by atoms with Crippen LogP contribution in [0.5, 0.6) is 0 Å². The summed E-state index contributed by atoms with van der Waals surface area (Å²) in [6, 6.07) is 3.46. The molecule has 25 heavy (non-hydrogen) atoms. The molecule has 1 saturated heterocycles. The molecule has 0 spiro atoms. The standard InChI is InChI=1S/C17H20F2N2O4/c18-12-2-1-3-13(19)11(12)10-20-14(22)4-7-17(9-6-16(24)25)8-5-15(23)21-17/h1-3H,4-10H2,(H,20,22)(H,21,23)(H,24,25). The van der Waals surface area contributed by atoms with Crippen molar-refractivity contribution in [3.05, 3.63) is 35.4 Å². The molecule has 1 atom stereocenters. The molecule has 1 aliphatic rings. The average Bonchev–Trinajstić information content (AvgIpc) is 2.92. The second-order valence-electron chi connectivity index (χ2n) is 6.20. The van der Waals surface area contributed by atoms with Crippen LogP contribution < -0.4 is 10.6 Å². The zero-order valence-corrected chi connectivity index (χ0v) is 13.6. The number of nitrogens with one attached hydrogen (secondary N) is 2. The summed E-state index contributed by atoms with van der Waals surface area (Å²) in [6.45, 7) is -0.272. The Morgan fingerprint density at radius 2 is 1.84 bits per heavy atom. The highest BCUT2D eigenvalue weighted by molar-refractivity contribution is 5.80. The lowest BCUT2D eigenvalue weighted by Crippen LogP contribution is -2.43. The van der Waals surface area contributed by atoms with Crippen molar-refractivity contribution in [2.24, 2.45) is 0 Å². The third-order valence-corrected chi connectivity index (χ3v) is 4.41. The first kappa shape index (κ1) is 18.8. The van der Waals surface area contributed by atoms with E-state index < -0.39 is 29.0 Å². The third kappa shape index (κ3) is 5.23. The maximum Gasteiger partial charge on any atom is 0.303 e. The topological polar surface area (TPSA) is 95.5 Å². The SMILES string of the molecule is O=C(O)CCC1(CCC(=O)NCc2c(F)cccc2F)CCC(=O)N1. The van der Waals surface area contributed by atoms with E-state index in [-0.39, 0.29) is 43.7 Å². The van der Waals surface area contributed by atoms with Crippen molar-refractivity contribution in [1.82, 2.24) is 10.6 Å². The molecule has 0 aromatic heterocycles. The minimum atomic E-state index is -0.972. The van der Waals surface area contributed by atoms with E-state index in [2.05, 4.69) is 10.6 Å². The lowest BCUT2D eigenvalue weighted by atomic mass is 9.86. The van der Waals surface area contributed by atoms with Crippen LogP contribution in [0.1, 0.15) is 44.1 Å². The Morgan fingerprint density at radius 1 is 1.20 bits per heavy atom. The highest BCUT2D eigenvalue weighted by atomic mass is 19.1. The first-order valence-corrected chi connectivity index (χ1v) is 8.04.